The van der Waals surface area contributed by atoms with Gasteiger partial charge in [0, 0.05) is 18.3 Å². The van der Waals surface area contributed by atoms with Crippen molar-refractivity contribution in [3.05, 3.63) is 18.0 Å². The first-order valence-electron chi connectivity index (χ1n) is 3.17. The molecule has 1 unspecified atom stereocenters. The quantitative estimate of drug-likeness (QED) is 0.689. The fraction of sp³-hybridized carbons (Fsp3) is 0.333. The highest BCUT2D eigenvalue weighted by molar-refractivity contribution is 5.85. The Balaban J connectivity index is 0. The van der Waals surface area contributed by atoms with Gasteiger partial charge in [0.25, 0.3) is 0 Å². The molecule has 0 aliphatic rings. The molecule has 1 aromatic rings. The van der Waals surface area contributed by atoms with Crippen LogP contribution in [0.3, 0.4) is 0 Å². The molecule has 1 aromatic heterocycles. The SMILES string of the molecule is Cl.Cl.NC(Cc1ccn[nH]1)C(=O)O. The maximum absolute atomic E-state index is 10.3. The summed E-state index contributed by atoms with van der Waals surface area (Å²) >= 11 is 0. The van der Waals surface area contributed by atoms with Gasteiger partial charge in [0.05, 0.1) is 0 Å². The number of aromatic amines is 1. The van der Waals surface area contributed by atoms with Gasteiger partial charge in [-0.25, -0.2) is 0 Å². The van der Waals surface area contributed by atoms with Gasteiger partial charge >= 0.3 is 5.97 Å². The van der Waals surface area contributed by atoms with Crippen LogP contribution in [-0.4, -0.2) is 27.3 Å². The molecule has 1 heterocycles. The highest BCUT2D eigenvalue weighted by Gasteiger charge is 2.11. The average molecular weight is 228 g/mol. The fourth-order valence-corrected chi connectivity index (χ4v) is 0.723. The first-order chi connectivity index (χ1) is 5.20. The van der Waals surface area contributed by atoms with E-state index < -0.39 is 12.0 Å². The van der Waals surface area contributed by atoms with Crippen molar-refractivity contribution in [3.63, 3.8) is 0 Å². The van der Waals surface area contributed by atoms with Crippen LogP contribution < -0.4 is 5.73 Å². The molecule has 0 radical (unpaired) electrons. The van der Waals surface area contributed by atoms with Gasteiger partial charge in [-0.15, -0.1) is 24.8 Å². The van der Waals surface area contributed by atoms with E-state index in [4.69, 9.17) is 10.8 Å². The van der Waals surface area contributed by atoms with Crippen LogP contribution in [0.25, 0.3) is 0 Å². The van der Waals surface area contributed by atoms with Gasteiger partial charge in [-0.1, -0.05) is 0 Å². The summed E-state index contributed by atoms with van der Waals surface area (Å²) in [6.45, 7) is 0. The largest absolute Gasteiger partial charge is 0.480 e. The second-order valence-corrected chi connectivity index (χ2v) is 2.23. The van der Waals surface area contributed by atoms with Crippen LogP contribution in [0.1, 0.15) is 5.69 Å². The van der Waals surface area contributed by atoms with Gasteiger partial charge in [0.1, 0.15) is 6.04 Å². The molecule has 76 valence electrons. The van der Waals surface area contributed by atoms with Crippen molar-refractivity contribution < 1.29 is 9.90 Å². The van der Waals surface area contributed by atoms with Crippen molar-refractivity contribution in [1.82, 2.24) is 10.2 Å². The molecule has 0 bridgehead atoms. The average Bonchev–Trinajstić information content (AvgIpc) is 2.39. The van der Waals surface area contributed by atoms with Crippen LogP contribution in [0.5, 0.6) is 0 Å². The minimum absolute atomic E-state index is 0. The zero-order chi connectivity index (χ0) is 8.27. The number of H-pyrrole nitrogens is 1. The van der Waals surface area contributed by atoms with Crippen LogP contribution in [-0.2, 0) is 11.2 Å². The summed E-state index contributed by atoms with van der Waals surface area (Å²) in [4.78, 5) is 10.3. The molecular weight excluding hydrogens is 217 g/mol. The Bertz CT molecular complexity index is 240. The number of aromatic nitrogens is 2. The lowest BCUT2D eigenvalue weighted by atomic mass is 10.2. The van der Waals surface area contributed by atoms with Crippen molar-refractivity contribution in [2.45, 2.75) is 12.5 Å². The number of hydrogen-bond donors (Lipinski definition) is 3. The minimum Gasteiger partial charge on any atom is -0.480 e. The molecule has 4 N–H and O–H groups in total. The third-order valence-electron chi connectivity index (χ3n) is 1.32. The van der Waals surface area contributed by atoms with Crippen molar-refractivity contribution in [2.24, 2.45) is 5.73 Å². The highest BCUT2D eigenvalue weighted by atomic mass is 35.5. The fourth-order valence-electron chi connectivity index (χ4n) is 0.723. The number of carbonyl (C=O) groups is 1. The van der Waals surface area contributed by atoms with E-state index in [2.05, 4.69) is 10.2 Å². The minimum atomic E-state index is -1.00. The van der Waals surface area contributed by atoms with E-state index in [1.807, 2.05) is 0 Å². The Morgan fingerprint density at radius 2 is 2.31 bits per heavy atom. The zero-order valence-electron chi connectivity index (χ0n) is 6.64. The Morgan fingerprint density at radius 1 is 1.69 bits per heavy atom. The predicted molar refractivity (Wildman–Crippen MR) is 52.4 cm³/mol. The summed E-state index contributed by atoms with van der Waals surface area (Å²) in [7, 11) is 0. The number of hydrogen-bond acceptors (Lipinski definition) is 3. The second kappa shape index (κ2) is 6.71. The number of aliphatic carboxylic acids is 1. The van der Waals surface area contributed by atoms with Crippen LogP contribution >= 0.6 is 24.8 Å². The van der Waals surface area contributed by atoms with Gasteiger partial charge in [0.15, 0.2) is 0 Å². The van der Waals surface area contributed by atoms with E-state index in [9.17, 15) is 4.79 Å². The van der Waals surface area contributed by atoms with E-state index in [0.717, 1.165) is 5.69 Å². The summed E-state index contributed by atoms with van der Waals surface area (Å²) < 4.78 is 0. The zero-order valence-corrected chi connectivity index (χ0v) is 8.27. The summed E-state index contributed by atoms with van der Waals surface area (Å²) in [5.41, 5.74) is 6.00. The highest BCUT2D eigenvalue weighted by Crippen LogP contribution is 1.95. The molecule has 7 heteroatoms. The third kappa shape index (κ3) is 4.72. The normalized spacial score (nSPS) is 10.8. The Labute approximate surface area is 87.5 Å². The number of nitrogens with two attached hydrogens (primary N) is 1. The van der Waals surface area contributed by atoms with Crippen LogP contribution in [0.2, 0.25) is 0 Å². The number of carboxylic acid groups (broad SMARTS) is 1. The first kappa shape index (κ1) is 14.7. The molecule has 0 aromatic carbocycles. The molecule has 0 fully saturated rings. The van der Waals surface area contributed by atoms with Gasteiger partial charge in [0.2, 0.25) is 0 Å². The lowest BCUT2D eigenvalue weighted by Gasteiger charge is -2.02. The maximum atomic E-state index is 10.3. The predicted octanol–water partition coefficient (Wildman–Crippen LogP) is 0.208. The maximum Gasteiger partial charge on any atom is 0.320 e. The van der Waals surface area contributed by atoms with E-state index >= 15 is 0 Å². The van der Waals surface area contributed by atoms with E-state index in [-0.39, 0.29) is 31.2 Å². The Morgan fingerprint density at radius 3 is 2.69 bits per heavy atom. The van der Waals surface area contributed by atoms with Crippen molar-refractivity contribution in [2.75, 3.05) is 0 Å². The van der Waals surface area contributed by atoms with Crippen molar-refractivity contribution in [1.29, 1.82) is 0 Å². The molecule has 0 aliphatic carbocycles. The molecule has 0 amide bonds. The number of nitrogens with one attached hydrogen (secondary N) is 1. The molecule has 0 saturated heterocycles. The van der Waals surface area contributed by atoms with Crippen molar-refractivity contribution >= 4 is 30.8 Å². The summed E-state index contributed by atoms with van der Waals surface area (Å²) in [6.07, 6.45) is 1.85. The molecule has 13 heavy (non-hydrogen) atoms. The van der Waals surface area contributed by atoms with E-state index in [1.54, 1.807) is 12.3 Å². The van der Waals surface area contributed by atoms with E-state index in [0.29, 0.717) is 0 Å². The van der Waals surface area contributed by atoms with E-state index in [1.165, 1.54) is 0 Å². The molecule has 0 spiro atoms. The summed E-state index contributed by atoms with van der Waals surface area (Å²) in [5, 5.41) is 14.7. The van der Waals surface area contributed by atoms with Crippen LogP contribution in [0, 0.1) is 0 Å². The molecule has 0 saturated carbocycles. The smallest absolute Gasteiger partial charge is 0.320 e. The monoisotopic (exact) mass is 227 g/mol. The summed E-state index contributed by atoms with van der Waals surface area (Å²) in [6, 6.07) is 0.846. The van der Waals surface area contributed by atoms with Gasteiger partial charge in [-0.3, -0.25) is 9.89 Å². The lowest BCUT2D eigenvalue weighted by molar-refractivity contribution is -0.138. The standard InChI is InChI=1S/C6H9N3O2.2ClH/c7-5(6(10)11)3-4-1-2-8-9-4;;/h1-2,5H,3,7H2,(H,8,9)(H,10,11);2*1H. The Hall–Kier alpha value is -0.780. The lowest BCUT2D eigenvalue weighted by Crippen LogP contribution is -2.32. The molecule has 0 aliphatic heterocycles. The second-order valence-electron chi connectivity index (χ2n) is 2.23. The molecular formula is C6H11Cl2N3O2. The third-order valence-corrected chi connectivity index (χ3v) is 1.32. The molecule has 1 rings (SSSR count). The number of rotatable bonds is 3. The van der Waals surface area contributed by atoms with Crippen molar-refractivity contribution in [3.8, 4) is 0 Å². The van der Waals surface area contributed by atoms with Crippen LogP contribution in [0.15, 0.2) is 12.3 Å². The number of nitrogens with zero attached hydrogens (tertiary/aromatic N) is 1. The van der Waals surface area contributed by atoms with Gasteiger partial charge in [-0.2, -0.15) is 5.10 Å². The first-order valence-corrected chi connectivity index (χ1v) is 3.17. The van der Waals surface area contributed by atoms with Gasteiger partial charge < -0.3 is 10.8 Å². The topological polar surface area (TPSA) is 92.0 Å². The summed E-state index contributed by atoms with van der Waals surface area (Å²) in [5.74, 6) is -1.00. The Kier molecular flexibility index (Phi) is 7.60. The number of halogens is 2. The number of carboxylic acids is 1. The van der Waals surface area contributed by atoms with Gasteiger partial charge in [-0.05, 0) is 6.07 Å². The molecule has 5 nitrogen and oxygen atoms in total. The molecule has 1 atom stereocenters. The van der Waals surface area contributed by atoms with Crippen LogP contribution in [0.4, 0.5) is 0 Å².